The summed E-state index contributed by atoms with van der Waals surface area (Å²) in [5.74, 6) is -0.228. The molecule has 3 aromatic rings. The molecule has 0 spiro atoms. The number of hydrogen-bond acceptors (Lipinski definition) is 1. The summed E-state index contributed by atoms with van der Waals surface area (Å²) in [5.41, 5.74) is 9.42. The van der Waals surface area contributed by atoms with Gasteiger partial charge in [-0.05, 0) is 54.1 Å². The molecule has 0 fully saturated rings. The monoisotopic (exact) mass is 226 g/mol. The molecule has 2 nitrogen and oxygen atoms in total. The van der Waals surface area contributed by atoms with E-state index < -0.39 is 0 Å². The van der Waals surface area contributed by atoms with Crippen LogP contribution in [0.1, 0.15) is 0 Å². The Morgan fingerprint density at radius 3 is 2.47 bits per heavy atom. The van der Waals surface area contributed by atoms with Gasteiger partial charge in [-0.3, -0.25) is 0 Å². The maximum absolute atomic E-state index is 12.8. The summed E-state index contributed by atoms with van der Waals surface area (Å²) in [5, 5.41) is 1.06. The summed E-state index contributed by atoms with van der Waals surface area (Å²) in [6.07, 6.45) is 0. The Balaban J connectivity index is 2.14. The molecule has 0 saturated carbocycles. The van der Waals surface area contributed by atoms with Crippen LogP contribution < -0.4 is 5.73 Å². The number of fused-ring (bicyclic) bond motifs is 1. The number of nitrogens with two attached hydrogens (primary N) is 1. The fourth-order valence-corrected chi connectivity index (χ4v) is 1.94. The molecule has 0 aliphatic heterocycles. The molecule has 1 aromatic heterocycles. The summed E-state index contributed by atoms with van der Waals surface area (Å²) in [4.78, 5) is 3.28. The minimum atomic E-state index is -0.228. The Bertz CT molecular complexity index is 668. The van der Waals surface area contributed by atoms with Crippen molar-refractivity contribution in [1.29, 1.82) is 0 Å². The summed E-state index contributed by atoms with van der Waals surface area (Å²) >= 11 is 0. The van der Waals surface area contributed by atoms with Gasteiger partial charge in [-0.25, -0.2) is 4.39 Å². The molecule has 0 amide bonds. The SMILES string of the molecule is Nc1ccc2[nH]c(-c3ccc(F)cc3)cc2c1. The number of rotatable bonds is 1. The van der Waals surface area contributed by atoms with Crippen LogP contribution in [-0.4, -0.2) is 4.98 Å². The Labute approximate surface area is 97.9 Å². The highest BCUT2D eigenvalue weighted by Crippen LogP contribution is 2.25. The predicted octanol–water partition coefficient (Wildman–Crippen LogP) is 3.56. The lowest BCUT2D eigenvalue weighted by molar-refractivity contribution is 0.628. The van der Waals surface area contributed by atoms with Crippen LogP contribution in [0.5, 0.6) is 0 Å². The lowest BCUT2D eigenvalue weighted by Crippen LogP contribution is -1.81. The molecule has 84 valence electrons. The van der Waals surface area contributed by atoms with E-state index in [1.54, 1.807) is 12.1 Å². The fraction of sp³-hybridized carbons (Fsp3) is 0. The summed E-state index contributed by atoms with van der Waals surface area (Å²) in [7, 11) is 0. The average Bonchev–Trinajstić information content (AvgIpc) is 2.72. The van der Waals surface area contributed by atoms with Gasteiger partial charge in [-0.2, -0.15) is 0 Å². The van der Waals surface area contributed by atoms with E-state index in [1.165, 1.54) is 12.1 Å². The van der Waals surface area contributed by atoms with Crippen LogP contribution in [0, 0.1) is 5.82 Å². The number of nitrogens with one attached hydrogen (secondary N) is 1. The first kappa shape index (κ1) is 9.90. The van der Waals surface area contributed by atoms with Gasteiger partial charge in [-0.1, -0.05) is 0 Å². The van der Waals surface area contributed by atoms with Crippen LogP contribution in [0.3, 0.4) is 0 Å². The lowest BCUT2D eigenvalue weighted by atomic mass is 10.1. The molecular formula is C14H11FN2. The van der Waals surface area contributed by atoms with Crippen molar-refractivity contribution < 1.29 is 4.39 Å². The minimum absolute atomic E-state index is 0.228. The van der Waals surface area contributed by atoms with Gasteiger partial charge in [0, 0.05) is 22.3 Å². The molecule has 0 saturated heterocycles. The van der Waals surface area contributed by atoms with E-state index in [4.69, 9.17) is 5.73 Å². The van der Waals surface area contributed by atoms with Crippen LogP contribution in [0.2, 0.25) is 0 Å². The summed E-state index contributed by atoms with van der Waals surface area (Å²) in [6.45, 7) is 0. The summed E-state index contributed by atoms with van der Waals surface area (Å²) in [6, 6.07) is 14.1. The van der Waals surface area contributed by atoms with Crippen LogP contribution >= 0.6 is 0 Å². The largest absolute Gasteiger partial charge is 0.399 e. The maximum Gasteiger partial charge on any atom is 0.123 e. The molecule has 3 rings (SSSR count). The second kappa shape index (κ2) is 3.63. The van der Waals surface area contributed by atoms with Crippen molar-refractivity contribution in [3.8, 4) is 11.3 Å². The molecule has 0 radical (unpaired) electrons. The molecule has 1 heterocycles. The van der Waals surface area contributed by atoms with Gasteiger partial charge in [0.15, 0.2) is 0 Å². The topological polar surface area (TPSA) is 41.8 Å². The third kappa shape index (κ3) is 1.76. The van der Waals surface area contributed by atoms with Crippen molar-refractivity contribution in [3.63, 3.8) is 0 Å². The van der Waals surface area contributed by atoms with E-state index in [2.05, 4.69) is 4.98 Å². The van der Waals surface area contributed by atoms with Crippen molar-refractivity contribution in [2.75, 3.05) is 5.73 Å². The highest BCUT2D eigenvalue weighted by Gasteiger charge is 2.03. The van der Waals surface area contributed by atoms with Crippen LogP contribution in [0.25, 0.3) is 22.2 Å². The molecule has 2 aromatic carbocycles. The Morgan fingerprint density at radius 1 is 0.941 bits per heavy atom. The van der Waals surface area contributed by atoms with Gasteiger partial charge in [0.05, 0.1) is 0 Å². The second-order valence-electron chi connectivity index (χ2n) is 4.04. The molecule has 0 aliphatic rings. The maximum atomic E-state index is 12.8. The number of aromatic amines is 1. The van der Waals surface area contributed by atoms with Crippen molar-refractivity contribution in [2.45, 2.75) is 0 Å². The van der Waals surface area contributed by atoms with Gasteiger partial charge < -0.3 is 10.7 Å². The highest BCUT2D eigenvalue weighted by atomic mass is 19.1. The minimum Gasteiger partial charge on any atom is -0.399 e. The van der Waals surface area contributed by atoms with Crippen molar-refractivity contribution in [1.82, 2.24) is 4.98 Å². The Kier molecular flexibility index (Phi) is 2.11. The van der Waals surface area contributed by atoms with Gasteiger partial charge in [0.1, 0.15) is 5.82 Å². The number of benzene rings is 2. The van der Waals surface area contributed by atoms with Crippen molar-refractivity contribution >= 4 is 16.6 Å². The van der Waals surface area contributed by atoms with E-state index in [0.29, 0.717) is 0 Å². The van der Waals surface area contributed by atoms with Crippen molar-refractivity contribution in [3.05, 3.63) is 54.3 Å². The smallest absolute Gasteiger partial charge is 0.123 e. The molecular weight excluding hydrogens is 215 g/mol. The number of H-pyrrole nitrogens is 1. The summed E-state index contributed by atoms with van der Waals surface area (Å²) < 4.78 is 12.8. The van der Waals surface area contributed by atoms with E-state index in [1.807, 2.05) is 24.3 Å². The molecule has 17 heavy (non-hydrogen) atoms. The second-order valence-corrected chi connectivity index (χ2v) is 4.04. The van der Waals surface area contributed by atoms with Crippen LogP contribution in [0.15, 0.2) is 48.5 Å². The molecule has 3 N–H and O–H groups in total. The molecule has 3 heteroatoms. The van der Waals surface area contributed by atoms with Crippen molar-refractivity contribution in [2.24, 2.45) is 0 Å². The number of halogens is 1. The van der Waals surface area contributed by atoms with Crippen LogP contribution in [0.4, 0.5) is 10.1 Å². The first-order chi connectivity index (χ1) is 8.22. The highest BCUT2D eigenvalue weighted by molar-refractivity contribution is 5.88. The zero-order valence-corrected chi connectivity index (χ0v) is 9.07. The molecule has 0 aliphatic carbocycles. The molecule has 0 unspecified atom stereocenters. The first-order valence-electron chi connectivity index (χ1n) is 5.36. The zero-order valence-electron chi connectivity index (χ0n) is 9.07. The number of nitrogen functional groups attached to an aromatic ring is 1. The van der Waals surface area contributed by atoms with Crippen LogP contribution in [-0.2, 0) is 0 Å². The van der Waals surface area contributed by atoms with Gasteiger partial charge in [0.25, 0.3) is 0 Å². The Morgan fingerprint density at radius 2 is 1.71 bits per heavy atom. The standard InChI is InChI=1S/C14H11FN2/c15-11-3-1-9(2-4-11)14-8-10-7-12(16)5-6-13(10)17-14/h1-8,17H,16H2. The van der Waals surface area contributed by atoms with E-state index in [0.717, 1.165) is 27.8 Å². The normalized spacial score (nSPS) is 10.9. The third-order valence-electron chi connectivity index (χ3n) is 2.80. The van der Waals surface area contributed by atoms with Gasteiger partial charge >= 0.3 is 0 Å². The first-order valence-corrected chi connectivity index (χ1v) is 5.36. The number of aromatic nitrogens is 1. The number of hydrogen-bond donors (Lipinski definition) is 2. The Hall–Kier alpha value is -2.29. The number of anilines is 1. The fourth-order valence-electron chi connectivity index (χ4n) is 1.94. The van der Waals surface area contributed by atoms with E-state index in [9.17, 15) is 4.39 Å². The lowest BCUT2D eigenvalue weighted by Gasteiger charge is -1.96. The quantitative estimate of drug-likeness (QED) is 0.612. The van der Waals surface area contributed by atoms with E-state index in [-0.39, 0.29) is 5.82 Å². The third-order valence-corrected chi connectivity index (χ3v) is 2.80. The predicted molar refractivity (Wildman–Crippen MR) is 68.1 cm³/mol. The van der Waals surface area contributed by atoms with Gasteiger partial charge in [0.2, 0.25) is 0 Å². The molecule has 0 atom stereocenters. The van der Waals surface area contributed by atoms with E-state index >= 15 is 0 Å². The average molecular weight is 226 g/mol. The molecule has 0 bridgehead atoms. The zero-order chi connectivity index (χ0) is 11.8. The van der Waals surface area contributed by atoms with Gasteiger partial charge in [-0.15, -0.1) is 0 Å².